The molecule has 1 aliphatic rings. The summed E-state index contributed by atoms with van der Waals surface area (Å²) in [5, 5.41) is 0.601. The third-order valence-corrected chi connectivity index (χ3v) is 4.47. The Hall–Kier alpha value is -1.04. The Morgan fingerprint density at radius 2 is 2.26 bits per heavy atom. The Morgan fingerprint density at radius 3 is 3.00 bits per heavy atom. The van der Waals surface area contributed by atoms with Gasteiger partial charge in [-0.25, -0.2) is 13.1 Å². The fourth-order valence-electron chi connectivity index (χ4n) is 1.98. The van der Waals surface area contributed by atoms with Crippen molar-refractivity contribution >= 4 is 21.6 Å². The summed E-state index contributed by atoms with van der Waals surface area (Å²) < 4.78 is 31.5. The van der Waals surface area contributed by atoms with Gasteiger partial charge in [-0.15, -0.1) is 6.58 Å². The van der Waals surface area contributed by atoms with E-state index in [1.54, 1.807) is 12.1 Å². The number of halogens is 1. The zero-order valence-corrected chi connectivity index (χ0v) is 12.1. The number of sulfonamides is 1. The number of rotatable bonds is 6. The average Bonchev–Trinajstić information content (AvgIpc) is 2.81. The Balaban J connectivity index is 2.10. The maximum absolute atomic E-state index is 11.7. The molecule has 1 N–H and O–H groups in total. The highest BCUT2D eigenvalue weighted by Crippen LogP contribution is 2.32. The van der Waals surface area contributed by atoms with Gasteiger partial charge in [0.05, 0.1) is 12.4 Å². The van der Waals surface area contributed by atoms with Gasteiger partial charge in [0.1, 0.15) is 5.75 Å². The van der Waals surface area contributed by atoms with E-state index < -0.39 is 10.0 Å². The molecule has 0 saturated heterocycles. The van der Waals surface area contributed by atoms with Crippen LogP contribution in [0.2, 0.25) is 5.02 Å². The maximum atomic E-state index is 11.7. The molecule has 1 aliphatic heterocycles. The quantitative estimate of drug-likeness (QED) is 0.820. The van der Waals surface area contributed by atoms with Crippen LogP contribution in [0.15, 0.2) is 24.8 Å². The summed E-state index contributed by atoms with van der Waals surface area (Å²) in [6.45, 7) is 4.32. The lowest BCUT2D eigenvalue weighted by Gasteiger charge is -2.10. The lowest BCUT2D eigenvalue weighted by Crippen LogP contribution is -2.25. The maximum Gasteiger partial charge on any atom is 0.212 e. The van der Waals surface area contributed by atoms with E-state index in [-0.39, 0.29) is 12.3 Å². The lowest BCUT2D eigenvalue weighted by atomic mass is 10.1. The van der Waals surface area contributed by atoms with Crippen LogP contribution < -0.4 is 9.46 Å². The van der Waals surface area contributed by atoms with Crippen molar-refractivity contribution in [3.05, 3.63) is 40.9 Å². The minimum Gasteiger partial charge on any atom is -0.493 e. The number of allylic oxidation sites excluding steroid dienone is 1. The SMILES string of the molecule is C=CCCS(=O)(=O)NCc1cc(Cl)cc2c1OCC2. The van der Waals surface area contributed by atoms with E-state index in [9.17, 15) is 8.42 Å². The summed E-state index contributed by atoms with van der Waals surface area (Å²) in [7, 11) is -3.29. The number of ether oxygens (including phenoxy) is 1. The van der Waals surface area contributed by atoms with Crippen molar-refractivity contribution in [2.24, 2.45) is 0 Å². The summed E-state index contributed by atoms with van der Waals surface area (Å²) >= 11 is 6.02. The molecule has 1 aromatic rings. The van der Waals surface area contributed by atoms with Gasteiger partial charge in [0.25, 0.3) is 0 Å². The minimum absolute atomic E-state index is 0.0418. The number of hydrogen-bond acceptors (Lipinski definition) is 3. The van der Waals surface area contributed by atoms with Crippen LogP contribution in [-0.4, -0.2) is 20.8 Å². The van der Waals surface area contributed by atoms with Crippen LogP contribution in [0.25, 0.3) is 0 Å². The summed E-state index contributed by atoms with van der Waals surface area (Å²) in [5.74, 6) is 0.802. The third-order valence-electron chi connectivity index (χ3n) is 2.90. The molecule has 0 fully saturated rings. The van der Waals surface area contributed by atoms with Crippen LogP contribution in [-0.2, 0) is 23.0 Å². The second-order valence-corrected chi connectivity index (χ2v) is 6.73. The third kappa shape index (κ3) is 3.72. The number of hydrogen-bond donors (Lipinski definition) is 1. The van der Waals surface area contributed by atoms with Crippen molar-refractivity contribution in [1.82, 2.24) is 4.72 Å². The molecule has 104 valence electrons. The smallest absolute Gasteiger partial charge is 0.212 e. The zero-order chi connectivity index (χ0) is 13.9. The number of nitrogens with one attached hydrogen (secondary N) is 1. The molecule has 0 radical (unpaired) electrons. The molecular formula is C13H16ClNO3S. The Kier molecular flexibility index (Phi) is 4.50. The predicted octanol–water partition coefficient (Wildman–Crippen LogP) is 2.27. The molecule has 6 heteroatoms. The molecule has 19 heavy (non-hydrogen) atoms. The van der Waals surface area contributed by atoms with E-state index in [4.69, 9.17) is 16.3 Å². The highest BCUT2D eigenvalue weighted by molar-refractivity contribution is 7.89. The van der Waals surface area contributed by atoms with Gasteiger partial charge >= 0.3 is 0 Å². The number of benzene rings is 1. The summed E-state index contributed by atoms with van der Waals surface area (Å²) in [6, 6.07) is 3.60. The van der Waals surface area contributed by atoms with Gasteiger partial charge in [-0.05, 0) is 24.1 Å². The molecule has 0 aromatic heterocycles. The van der Waals surface area contributed by atoms with Crippen LogP contribution >= 0.6 is 11.6 Å². The first-order chi connectivity index (χ1) is 9.02. The van der Waals surface area contributed by atoms with Crippen molar-refractivity contribution in [2.45, 2.75) is 19.4 Å². The van der Waals surface area contributed by atoms with Gasteiger partial charge in [0, 0.05) is 23.6 Å². The molecule has 0 amide bonds. The predicted molar refractivity (Wildman–Crippen MR) is 76.1 cm³/mol. The molecule has 0 aliphatic carbocycles. The molecule has 0 saturated carbocycles. The largest absolute Gasteiger partial charge is 0.493 e. The van der Waals surface area contributed by atoms with E-state index in [0.717, 1.165) is 23.3 Å². The molecule has 0 unspecified atom stereocenters. The van der Waals surface area contributed by atoms with Gasteiger partial charge in [0.2, 0.25) is 10.0 Å². The van der Waals surface area contributed by atoms with Crippen LogP contribution in [0, 0.1) is 0 Å². The standard InChI is InChI=1S/C13H16ClNO3S/c1-2-3-6-19(16,17)15-9-11-8-12(14)7-10-4-5-18-13(10)11/h2,7-8,15H,1,3-6,9H2. The molecular weight excluding hydrogens is 286 g/mol. The van der Waals surface area contributed by atoms with Crippen LogP contribution in [0.3, 0.4) is 0 Å². The fraction of sp³-hybridized carbons (Fsp3) is 0.385. The highest BCUT2D eigenvalue weighted by atomic mass is 35.5. The van der Waals surface area contributed by atoms with Gasteiger partial charge in [-0.3, -0.25) is 0 Å². The van der Waals surface area contributed by atoms with Crippen LogP contribution in [0.1, 0.15) is 17.5 Å². The average molecular weight is 302 g/mol. The molecule has 1 heterocycles. The second-order valence-electron chi connectivity index (χ2n) is 4.37. The molecule has 4 nitrogen and oxygen atoms in total. The van der Waals surface area contributed by atoms with E-state index in [1.807, 2.05) is 6.07 Å². The van der Waals surface area contributed by atoms with E-state index in [0.29, 0.717) is 18.1 Å². The van der Waals surface area contributed by atoms with Crippen molar-refractivity contribution in [1.29, 1.82) is 0 Å². The summed E-state index contributed by atoms with van der Waals surface area (Å²) in [4.78, 5) is 0. The monoisotopic (exact) mass is 301 g/mol. The molecule has 0 spiro atoms. The minimum atomic E-state index is -3.29. The molecule has 0 atom stereocenters. The van der Waals surface area contributed by atoms with E-state index in [2.05, 4.69) is 11.3 Å². The van der Waals surface area contributed by atoms with Crippen LogP contribution in [0.5, 0.6) is 5.75 Å². The van der Waals surface area contributed by atoms with Crippen LogP contribution in [0.4, 0.5) is 0 Å². The Bertz CT molecular complexity index is 584. The zero-order valence-electron chi connectivity index (χ0n) is 10.5. The summed E-state index contributed by atoms with van der Waals surface area (Å²) in [5.41, 5.74) is 1.81. The van der Waals surface area contributed by atoms with E-state index >= 15 is 0 Å². The first-order valence-electron chi connectivity index (χ1n) is 6.04. The van der Waals surface area contributed by atoms with Crippen molar-refractivity contribution in [3.63, 3.8) is 0 Å². The molecule has 1 aromatic carbocycles. The van der Waals surface area contributed by atoms with Gasteiger partial charge in [-0.1, -0.05) is 17.7 Å². The van der Waals surface area contributed by atoms with Gasteiger partial charge < -0.3 is 4.74 Å². The van der Waals surface area contributed by atoms with Crippen molar-refractivity contribution < 1.29 is 13.2 Å². The van der Waals surface area contributed by atoms with Gasteiger partial charge in [-0.2, -0.15) is 0 Å². The topological polar surface area (TPSA) is 55.4 Å². The second kappa shape index (κ2) is 5.94. The van der Waals surface area contributed by atoms with Crippen molar-refractivity contribution in [2.75, 3.05) is 12.4 Å². The first-order valence-corrected chi connectivity index (χ1v) is 8.07. The van der Waals surface area contributed by atoms with Crippen molar-refractivity contribution in [3.8, 4) is 5.75 Å². The summed E-state index contributed by atoms with van der Waals surface area (Å²) in [6.07, 6.45) is 2.82. The highest BCUT2D eigenvalue weighted by Gasteiger charge is 2.18. The molecule has 2 rings (SSSR count). The molecule has 0 bridgehead atoms. The first kappa shape index (κ1) is 14.4. The Labute approximate surface area is 118 Å². The normalized spacial score (nSPS) is 13.9. The Morgan fingerprint density at radius 1 is 1.47 bits per heavy atom. The number of fused-ring (bicyclic) bond motifs is 1. The van der Waals surface area contributed by atoms with E-state index in [1.165, 1.54) is 0 Å². The van der Waals surface area contributed by atoms with Gasteiger partial charge in [0.15, 0.2) is 0 Å². The fourth-order valence-corrected chi connectivity index (χ4v) is 3.24. The lowest BCUT2D eigenvalue weighted by molar-refractivity contribution is 0.353.